The zero-order chi connectivity index (χ0) is 28.4. The number of fused-ring (bicyclic) bond motifs is 1. The fourth-order valence-electron chi connectivity index (χ4n) is 6.68. The number of amides is 1. The highest BCUT2D eigenvalue weighted by Crippen LogP contribution is 2.34. The van der Waals surface area contributed by atoms with Crippen LogP contribution in [0.25, 0.3) is 11.0 Å². The molecule has 3 aliphatic rings. The third-order valence-electron chi connectivity index (χ3n) is 9.31. The van der Waals surface area contributed by atoms with E-state index in [2.05, 4.69) is 20.3 Å². The molecule has 0 bridgehead atoms. The standard InChI is InChI=1S/C31H39FN4O4S/c32-25-5-10-29-28(21-25)30(34-40-29)23-12-15-35(16-13-23)14-11-22-1-6-26(7-2-22)33-31(37)24-3-8-27(9-4-24)36-17-19-41(38,39)20-18-36/h3-5,8-10,21-23,26H,1-2,6-7,11-20H2,(H,33,37). The number of aromatic nitrogens is 1. The molecule has 3 heterocycles. The average Bonchev–Trinajstić information content (AvgIpc) is 3.40. The molecular weight excluding hydrogens is 543 g/mol. The number of likely N-dealkylation sites (tertiary alicyclic amines) is 1. The molecule has 41 heavy (non-hydrogen) atoms. The Balaban J connectivity index is 0.903. The molecule has 3 fully saturated rings. The number of hydrogen-bond acceptors (Lipinski definition) is 7. The highest BCUT2D eigenvalue weighted by Gasteiger charge is 2.27. The van der Waals surface area contributed by atoms with Gasteiger partial charge in [-0.25, -0.2) is 12.8 Å². The summed E-state index contributed by atoms with van der Waals surface area (Å²) >= 11 is 0. The summed E-state index contributed by atoms with van der Waals surface area (Å²) in [7, 11) is -2.92. The van der Waals surface area contributed by atoms with Crippen molar-refractivity contribution in [2.24, 2.45) is 5.92 Å². The van der Waals surface area contributed by atoms with Gasteiger partial charge in [0.15, 0.2) is 15.4 Å². The zero-order valence-electron chi connectivity index (χ0n) is 23.4. The molecule has 3 aromatic rings. The maximum atomic E-state index is 13.7. The minimum absolute atomic E-state index is 0.0354. The lowest BCUT2D eigenvalue weighted by Crippen LogP contribution is -2.40. The van der Waals surface area contributed by atoms with Crippen LogP contribution in [-0.2, 0) is 9.84 Å². The van der Waals surface area contributed by atoms with Crippen molar-refractivity contribution in [1.29, 1.82) is 0 Å². The summed E-state index contributed by atoms with van der Waals surface area (Å²) in [6.45, 7) is 4.14. The van der Waals surface area contributed by atoms with Crippen LogP contribution in [0.4, 0.5) is 10.1 Å². The first-order valence-electron chi connectivity index (χ1n) is 15.0. The average molecular weight is 583 g/mol. The molecule has 0 atom stereocenters. The number of piperidine rings is 1. The summed E-state index contributed by atoms with van der Waals surface area (Å²) in [5.74, 6) is 1.08. The number of carbonyl (C=O) groups excluding carboxylic acids is 1. The highest BCUT2D eigenvalue weighted by atomic mass is 32.2. The van der Waals surface area contributed by atoms with Gasteiger partial charge in [-0.1, -0.05) is 5.16 Å². The van der Waals surface area contributed by atoms with Gasteiger partial charge in [0.05, 0.1) is 17.2 Å². The molecule has 1 amide bonds. The van der Waals surface area contributed by atoms with Crippen molar-refractivity contribution >= 4 is 32.4 Å². The second-order valence-corrected chi connectivity index (χ2v) is 14.3. The summed E-state index contributed by atoms with van der Waals surface area (Å²) in [4.78, 5) is 17.5. The summed E-state index contributed by atoms with van der Waals surface area (Å²) in [5.41, 5.74) is 3.16. The normalized spacial score (nSPS) is 24.0. The van der Waals surface area contributed by atoms with Crippen molar-refractivity contribution in [2.45, 2.75) is 56.9 Å². The Morgan fingerprint density at radius 3 is 2.37 bits per heavy atom. The molecule has 2 aromatic carbocycles. The van der Waals surface area contributed by atoms with Gasteiger partial charge in [0, 0.05) is 41.7 Å². The van der Waals surface area contributed by atoms with Crippen LogP contribution < -0.4 is 10.2 Å². The van der Waals surface area contributed by atoms with Gasteiger partial charge in [-0.3, -0.25) is 4.79 Å². The summed E-state index contributed by atoms with van der Waals surface area (Å²) < 4.78 is 42.5. The van der Waals surface area contributed by atoms with E-state index < -0.39 is 9.84 Å². The Morgan fingerprint density at radius 2 is 1.66 bits per heavy atom. The lowest BCUT2D eigenvalue weighted by molar-refractivity contribution is 0.0919. The molecule has 1 saturated carbocycles. The van der Waals surface area contributed by atoms with Crippen LogP contribution in [-0.4, -0.2) is 74.7 Å². The van der Waals surface area contributed by atoms with E-state index in [1.807, 2.05) is 24.3 Å². The Kier molecular flexibility index (Phi) is 8.30. The predicted molar refractivity (Wildman–Crippen MR) is 158 cm³/mol. The minimum atomic E-state index is -2.92. The lowest BCUT2D eigenvalue weighted by atomic mass is 9.83. The number of rotatable bonds is 7. The van der Waals surface area contributed by atoms with Crippen molar-refractivity contribution in [3.05, 3.63) is 59.5 Å². The summed E-state index contributed by atoms with van der Waals surface area (Å²) in [6.07, 6.45) is 7.49. The largest absolute Gasteiger partial charge is 0.369 e. The Labute approximate surface area is 241 Å². The number of benzene rings is 2. The molecule has 10 heteroatoms. The number of anilines is 1. The zero-order valence-corrected chi connectivity index (χ0v) is 24.3. The molecule has 0 unspecified atom stereocenters. The molecule has 1 aromatic heterocycles. The smallest absolute Gasteiger partial charge is 0.251 e. The first-order chi connectivity index (χ1) is 19.8. The molecule has 2 saturated heterocycles. The maximum absolute atomic E-state index is 13.7. The third kappa shape index (κ3) is 6.75. The second kappa shape index (κ2) is 12.1. The molecule has 1 aliphatic carbocycles. The molecule has 0 spiro atoms. The van der Waals surface area contributed by atoms with Crippen LogP contribution in [0, 0.1) is 11.7 Å². The van der Waals surface area contributed by atoms with Crippen LogP contribution in [0.3, 0.4) is 0 Å². The van der Waals surface area contributed by atoms with E-state index in [0.29, 0.717) is 36.1 Å². The third-order valence-corrected chi connectivity index (χ3v) is 10.9. The minimum Gasteiger partial charge on any atom is -0.369 e. The topological polar surface area (TPSA) is 95.8 Å². The first kappa shape index (κ1) is 28.2. The first-order valence-corrected chi connectivity index (χ1v) is 16.8. The van der Waals surface area contributed by atoms with Gasteiger partial charge in [0.25, 0.3) is 5.91 Å². The van der Waals surface area contributed by atoms with E-state index >= 15 is 0 Å². The van der Waals surface area contributed by atoms with Gasteiger partial charge in [-0.05, 0) is 113 Å². The number of sulfone groups is 1. The fourth-order valence-corrected chi connectivity index (χ4v) is 7.88. The molecule has 220 valence electrons. The molecule has 6 rings (SSSR count). The maximum Gasteiger partial charge on any atom is 0.251 e. The molecule has 0 radical (unpaired) electrons. The van der Waals surface area contributed by atoms with Crippen LogP contribution in [0.15, 0.2) is 47.0 Å². The van der Waals surface area contributed by atoms with Crippen molar-refractivity contribution in [3.8, 4) is 0 Å². The van der Waals surface area contributed by atoms with Gasteiger partial charge in [-0.15, -0.1) is 0 Å². The van der Waals surface area contributed by atoms with Crippen LogP contribution >= 0.6 is 0 Å². The predicted octanol–water partition coefficient (Wildman–Crippen LogP) is 4.76. The monoisotopic (exact) mass is 582 g/mol. The van der Waals surface area contributed by atoms with Crippen molar-refractivity contribution < 1.29 is 22.1 Å². The Hall–Kier alpha value is -2.98. The molecule has 8 nitrogen and oxygen atoms in total. The van der Waals surface area contributed by atoms with Crippen molar-refractivity contribution in [2.75, 3.05) is 49.1 Å². The van der Waals surface area contributed by atoms with Crippen molar-refractivity contribution in [1.82, 2.24) is 15.4 Å². The van der Waals surface area contributed by atoms with E-state index in [-0.39, 0.29) is 29.3 Å². The number of hydrogen-bond donors (Lipinski definition) is 1. The van der Waals surface area contributed by atoms with E-state index in [1.54, 1.807) is 6.07 Å². The molecule has 2 aliphatic heterocycles. The van der Waals surface area contributed by atoms with E-state index in [9.17, 15) is 17.6 Å². The van der Waals surface area contributed by atoms with E-state index in [4.69, 9.17) is 4.52 Å². The van der Waals surface area contributed by atoms with Gasteiger partial charge in [-0.2, -0.15) is 0 Å². The van der Waals surface area contributed by atoms with Gasteiger partial charge in [0.1, 0.15) is 5.82 Å². The van der Waals surface area contributed by atoms with Crippen LogP contribution in [0.2, 0.25) is 0 Å². The molecule has 1 N–H and O–H groups in total. The van der Waals surface area contributed by atoms with Gasteiger partial charge >= 0.3 is 0 Å². The van der Waals surface area contributed by atoms with Gasteiger partial charge in [0.2, 0.25) is 0 Å². The highest BCUT2D eigenvalue weighted by molar-refractivity contribution is 7.91. The van der Waals surface area contributed by atoms with Crippen LogP contribution in [0.1, 0.15) is 66.9 Å². The van der Waals surface area contributed by atoms with Gasteiger partial charge < -0.3 is 19.6 Å². The number of nitrogens with zero attached hydrogens (tertiary/aromatic N) is 3. The van der Waals surface area contributed by atoms with E-state index in [1.165, 1.54) is 18.6 Å². The number of carbonyl (C=O) groups is 1. The Bertz CT molecular complexity index is 1450. The SMILES string of the molecule is O=C(NC1CCC(CCN2CCC(c3noc4ccc(F)cc34)CC2)CC1)c1ccc(N2CCS(=O)(=O)CC2)cc1. The number of nitrogens with one attached hydrogen (secondary N) is 1. The fraction of sp³-hybridized carbons (Fsp3) is 0.548. The summed E-state index contributed by atoms with van der Waals surface area (Å²) in [5, 5.41) is 8.30. The lowest BCUT2D eigenvalue weighted by Gasteiger charge is -2.34. The Morgan fingerprint density at radius 1 is 0.951 bits per heavy atom. The summed E-state index contributed by atoms with van der Waals surface area (Å²) in [6, 6.07) is 12.3. The van der Waals surface area contributed by atoms with Crippen molar-refractivity contribution in [3.63, 3.8) is 0 Å². The van der Waals surface area contributed by atoms with Crippen LogP contribution in [0.5, 0.6) is 0 Å². The number of halogens is 1. The quantitative estimate of drug-likeness (QED) is 0.429. The van der Waals surface area contributed by atoms with E-state index in [0.717, 1.165) is 74.9 Å². The second-order valence-electron chi connectivity index (χ2n) is 12.0. The molecular formula is C31H39FN4O4S.